The van der Waals surface area contributed by atoms with Crippen LogP contribution in [0.25, 0.3) is 0 Å². The molecule has 0 heterocycles. The lowest BCUT2D eigenvalue weighted by molar-refractivity contribution is -0.386. The molecule has 8 nitrogen and oxygen atoms in total. The summed E-state index contributed by atoms with van der Waals surface area (Å²) in [6, 6.07) is 15.6. The minimum absolute atomic E-state index is 0.00511. The zero-order chi connectivity index (χ0) is 22.0. The van der Waals surface area contributed by atoms with E-state index in [1.165, 1.54) is 6.07 Å². The third-order valence-electron chi connectivity index (χ3n) is 3.92. The van der Waals surface area contributed by atoms with Crippen LogP contribution in [-0.2, 0) is 27.4 Å². The minimum Gasteiger partial charge on any atom is -0.444 e. The summed E-state index contributed by atoms with van der Waals surface area (Å²) >= 11 is 0. The molecule has 0 aliphatic heterocycles. The van der Waals surface area contributed by atoms with E-state index in [1.807, 2.05) is 30.3 Å². The van der Waals surface area contributed by atoms with Gasteiger partial charge in [-0.05, 0) is 32.4 Å². The highest BCUT2D eigenvalue weighted by atomic mass is 16.6. The van der Waals surface area contributed by atoms with Crippen LogP contribution < -0.4 is 5.32 Å². The first-order chi connectivity index (χ1) is 14.2. The van der Waals surface area contributed by atoms with Crippen LogP contribution in [0.3, 0.4) is 0 Å². The second-order valence-electron chi connectivity index (χ2n) is 7.74. The van der Waals surface area contributed by atoms with Crippen molar-refractivity contribution in [1.29, 1.82) is 0 Å². The molecule has 0 bridgehead atoms. The number of nitro groups is 1. The number of amides is 1. The molecular weight excluding hydrogens is 388 g/mol. The number of hydrogen-bond acceptors (Lipinski definition) is 6. The van der Waals surface area contributed by atoms with Gasteiger partial charge >= 0.3 is 6.09 Å². The number of ether oxygens (including phenoxy) is 3. The van der Waals surface area contributed by atoms with Crippen LogP contribution in [0, 0.1) is 10.1 Å². The van der Waals surface area contributed by atoms with E-state index in [9.17, 15) is 14.9 Å². The third-order valence-corrected chi connectivity index (χ3v) is 3.92. The fourth-order valence-electron chi connectivity index (χ4n) is 2.62. The number of nitro benzene ring substituents is 1. The van der Waals surface area contributed by atoms with Crippen LogP contribution >= 0.6 is 0 Å². The molecule has 1 N–H and O–H groups in total. The van der Waals surface area contributed by atoms with E-state index in [-0.39, 0.29) is 25.5 Å². The average Bonchev–Trinajstić information content (AvgIpc) is 2.67. The zero-order valence-electron chi connectivity index (χ0n) is 17.5. The normalized spacial score (nSPS) is 12.2. The highest BCUT2D eigenvalue weighted by Crippen LogP contribution is 2.18. The molecule has 0 radical (unpaired) electrons. The largest absolute Gasteiger partial charge is 0.444 e. The first-order valence-corrected chi connectivity index (χ1v) is 9.66. The maximum Gasteiger partial charge on any atom is 0.408 e. The lowest BCUT2D eigenvalue weighted by atomic mass is 10.2. The fraction of sp³-hybridized carbons (Fsp3) is 0.409. The van der Waals surface area contributed by atoms with Crippen molar-refractivity contribution in [2.24, 2.45) is 0 Å². The average molecular weight is 416 g/mol. The summed E-state index contributed by atoms with van der Waals surface area (Å²) in [5, 5.41) is 13.9. The number of rotatable bonds is 10. The summed E-state index contributed by atoms with van der Waals surface area (Å²) in [6.45, 7) is 6.07. The molecule has 0 saturated heterocycles. The molecule has 8 heteroatoms. The van der Waals surface area contributed by atoms with E-state index in [0.717, 1.165) is 5.56 Å². The van der Waals surface area contributed by atoms with Gasteiger partial charge in [-0.3, -0.25) is 10.1 Å². The Balaban J connectivity index is 1.92. The summed E-state index contributed by atoms with van der Waals surface area (Å²) in [4.78, 5) is 22.8. The maximum absolute atomic E-state index is 12.1. The van der Waals surface area contributed by atoms with Gasteiger partial charge in [-0.2, -0.15) is 0 Å². The third kappa shape index (κ3) is 8.59. The molecule has 0 spiro atoms. The predicted octanol–water partition coefficient (Wildman–Crippen LogP) is 4.22. The minimum atomic E-state index is -0.634. The molecular formula is C22H28N2O6. The van der Waals surface area contributed by atoms with E-state index in [2.05, 4.69) is 5.32 Å². The van der Waals surface area contributed by atoms with Crippen LogP contribution in [0.2, 0.25) is 0 Å². The van der Waals surface area contributed by atoms with Crippen molar-refractivity contribution in [3.05, 3.63) is 75.8 Å². The highest BCUT2D eigenvalue weighted by Gasteiger charge is 2.20. The Bertz CT molecular complexity index is 820. The van der Waals surface area contributed by atoms with Gasteiger partial charge in [0, 0.05) is 6.07 Å². The van der Waals surface area contributed by atoms with E-state index in [1.54, 1.807) is 39.0 Å². The van der Waals surface area contributed by atoms with Gasteiger partial charge in [0.15, 0.2) is 0 Å². The summed E-state index contributed by atoms with van der Waals surface area (Å²) in [5.41, 5.74) is 0.831. The summed E-state index contributed by atoms with van der Waals surface area (Å²) < 4.78 is 16.7. The summed E-state index contributed by atoms with van der Waals surface area (Å²) in [5.74, 6) is 0. The second kappa shape index (κ2) is 11.3. The van der Waals surface area contributed by atoms with Crippen molar-refractivity contribution in [3.8, 4) is 0 Å². The number of hydrogen-bond donors (Lipinski definition) is 1. The molecule has 0 aliphatic rings. The smallest absolute Gasteiger partial charge is 0.408 e. The molecule has 2 aromatic carbocycles. The van der Waals surface area contributed by atoms with Gasteiger partial charge in [0.2, 0.25) is 0 Å². The number of nitrogens with one attached hydrogen (secondary N) is 1. The van der Waals surface area contributed by atoms with Crippen molar-refractivity contribution in [2.75, 3.05) is 13.2 Å². The lowest BCUT2D eigenvalue weighted by Gasteiger charge is -2.23. The number of para-hydroxylation sites is 1. The number of nitrogens with zero attached hydrogens (tertiary/aromatic N) is 1. The molecule has 30 heavy (non-hydrogen) atoms. The lowest BCUT2D eigenvalue weighted by Crippen LogP contribution is -2.44. The Labute approximate surface area is 176 Å². The van der Waals surface area contributed by atoms with E-state index in [4.69, 9.17) is 14.2 Å². The summed E-state index contributed by atoms with van der Waals surface area (Å²) in [6.07, 6.45) is -0.579. The molecule has 2 aromatic rings. The molecule has 0 aromatic heterocycles. The Hall–Kier alpha value is -2.97. The van der Waals surface area contributed by atoms with Gasteiger partial charge in [-0.15, -0.1) is 0 Å². The molecule has 2 rings (SSSR count). The fourth-order valence-corrected chi connectivity index (χ4v) is 2.62. The molecule has 0 unspecified atom stereocenters. The Morgan fingerprint density at radius 1 is 1.00 bits per heavy atom. The SMILES string of the molecule is CC(C)(C)OC(=O)N[C@@H](COCc1ccccc1)COCc1ccccc1[N+](=O)[O-]. The quantitative estimate of drug-likeness (QED) is 0.460. The second-order valence-corrected chi connectivity index (χ2v) is 7.74. The van der Waals surface area contributed by atoms with Crippen LogP contribution in [-0.4, -0.2) is 35.9 Å². The number of carbonyl (C=O) groups is 1. The van der Waals surface area contributed by atoms with E-state index in [0.29, 0.717) is 12.2 Å². The Morgan fingerprint density at radius 3 is 2.23 bits per heavy atom. The number of benzene rings is 2. The van der Waals surface area contributed by atoms with Crippen LogP contribution in [0.1, 0.15) is 31.9 Å². The topological polar surface area (TPSA) is 99.9 Å². The first kappa shape index (κ1) is 23.3. The van der Waals surface area contributed by atoms with E-state index < -0.39 is 22.7 Å². The molecule has 1 atom stereocenters. The maximum atomic E-state index is 12.1. The van der Waals surface area contributed by atoms with Crippen molar-refractivity contribution >= 4 is 11.8 Å². The monoisotopic (exact) mass is 416 g/mol. The van der Waals surface area contributed by atoms with Crippen LogP contribution in [0.15, 0.2) is 54.6 Å². The number of alkyl carbamates (subject to hydrolysis) is 1. The van der Waals surface area contributed by atoms with Crippen LogP contribution in [0.4, 0.5) is 10.5 Å². The highest BCUT2D eigenvalue weighted by molar-refractivity contribution is 5.68. The van der Waals surface area contributed by atoms with Gasteiger partial charge in [0.25, 0.3) is 5.69 Å². The summed E-state index contributed by atoms with van der Waals surface area (Å²) in [7, 11) is 0. The molecule has 1 amide bonds. The first-order valence-electron chi connectivity index (χ1n) is 9.66. The Kier molecular flexibility index (Phi) is 8.76. The molecule has 0 saturated carbocycles. The van der Waals surface area contributed by atoms with Crippen molar-refractivity contribution in [1.82, 2.24) is 5.32 Å². The molecule has 162 valence electrons. The number of carbonyl (C=O) groups excluding carboxylic acids is 1. The van der Waals surface area contributed by atoms with Crippen molar-refractivity contribution in [3.63, 3.8) is 0 Å². The van der Waals surface area contributed by atoms with Gasteiger partial charge in [0.1, 0.15) is 5.60 Å². The van der Waals surface area contributed by atoms with E-state index >= 15 is 0 Å². The van der Waals surface area contributed by atoms with Gasteiger partial charge in [-0.1, -0.05) is 42.5 Å². The van der Waals surface area contributed by atoms with Crippen molar-refractivity contribution < 1.29 is 23.9 Å². The van der Waals surface area contributed by atoms with Crippen molar-refractivity contribution in [2.45, 2.75) is 45.6 Å². The van der Waals surface area contributed by atoms with Gasteiger partial charge < -0.3 is 19.5 Å². The zero-order valence-corrected chi connectivity index (χ0v) is 17.5. The van der Waals surface area contributed by atoms with Crippen LogP contribution in [0.5, 0.6) is 0 Å². The Morgan fingerprint density at radius 2 is 1.60 bits per heavy atom. The van der Waals surface area contributed by atoms with Gasteiger partial charge in [-0.25, -0.2) is 4.79 Å². The molecule has 0 fully saturated rings. The van der Waals surface area contributed by atoms with Gasteiger partial charge in [0.05, 0.1) is 43.0 Å². The molecule has 0 aliphatic carbocycles. The predicted molar refractivity (Wildman–Crippen MR) is 112 cm³/mol. The standard InChI is InChI=1S/C22H28N2O6/c1-22(2,3)30-21(25)23-19(15-28-13-17-9-5-4-6-10-17)16-29-14-18-11-7-8-12-20(18)24(26)27/h4-12,19H,13-16H2,1-3H3,(H,23,25)/t19-/m0/s1.